The standard InChI is InChI=1S/C16H26N4O3S.2ClH/c1-2-12-20(14-5-9-17-10-6-14)16(21)7-11-19-24(22,23)15-4-3-8-18-13-15;;/h3-4,8,13-14,17,19H,2,5-7,9-12H2,1H3;2*1H. The third kappa shape index (κ3) is 7.36. The molecule has 0 saturated carbocycles. The molecule has 10 heteroatoms. The average Bonchev–Trinajstić information content (AvgIpc) is 2.61. The maximum Gasteiger partial charge on any atom is 0.242 e. The summed E-state index contributed by atoms with van der Waals surface area (Å²) in [6.45, 7) is 4.71. The molecule has 1 aliphatic rings. The van der Waals surface area contributed by atoms with E-state index in [0.29, 0.717) is 0 Å². The zero-order valence-corrected chi connectivity index (χ0v) is 17.3. The van der Waals surface area contributed by atoms with E-state index in [2.05, 4.69) is 15.0 Å². The first-order valence-electron chi connectivity index (χ1n) is 8.44. The summed E-state index contributed by atoms with van der Waals surface area (Å²) in [4.78, 5) is 18.3. The lowest BCUT2D eigenvalue weighted by atomic mass is 10.0. The van der Waals surface area contributed by atoms with E-state index in [0.717, 1.165) is 38.9 Å². The SMILES string of the molecule is CCCN(C(=O)CCNS(=O)(=O)c1cccnc1)C1CCNCC1.Cl.Cl. The van der Waals surface area contributed by atoms with Gasteiger partial charge in [0.15, 0.2) is 0 Å². The first-order chi connectivity index (χ1) is 11.5. The summed E-state index contributed by atoms with van der Waals surface area (Å²) < 4.78 is 26.7. The molecule has 1 fully saturated rings. The second-order valence-electron chi connectivity index (χ2n) is 5.90. The molecule has 0 unspecified atom stereocenters. The van der Waals surface area contributed by atoms with Crippen LogP contribution in [0.15, 0.2) is 29.4 Å². The van der Waals surface area contributed by atoms with Gasteiger partial charge in [0.2, 0.25) is 15.9 Å². The fourth-order valence-corrected chi connectivity index (χ4v) is 3.89. The highest BCUT2D eigenvalue weighted by molar-refractivity contribution is 7.89. The van der Waals surface area contributed by atoms with E-state index in [9.17, 15) is 13.2 Å². The maximum absolute atomic E-state index is 12.5. The van der Waals surface area contributed by atoms with Crippen molar-refractivity contribution < 1.29 is 13.2 Å². The van der Waals surface area contributed by atoms with Crippen LogP contribution in [0.4, 0.5) is 0 Å². The molecule has 0 aliphatic carbocycles. The number of piperidine rings is 1. The molecule has 1 aliphatic heterocycles. The summed E-state index contributed by atoms with van der Waals surface area (Å²) in [7, 11) is -3.61. The van der Waals surface area contributed by atoms with Gasteiger partial charge < -0.3 is 10.2 Å². The van der Waals surface area contributed by atoms with Gasteiger partial charge >= 0.3 is 0 Å². The molecule has 1 amide bonds. The summed E-state index contributed by atoms with van der Waals surface area (Å²) in [5, 5.41) is 3.30. The van der Waals surface area contributed by atoms with Crippen molar-refractivity contribution in [2.75, 3.05) is 26.2 Å². The molecule has 150 valence electrons. The molecule has 2 rings (SSSR count). The van der Waals surface area contributed by atoms with Gasteiger partial charge in [0.05, 0.1) is 0 Å². The highest BCUT2D eigenvalue weighted by Gasteiger charge is 2.24. The van der Waals surface area contributed by atoms with Crippen LogP contribution in [0.3, 0.4) is 0 Å². The minimum absolute atomic E-state index is 0. The summed E-state index contributed by atoms with van der Waals surface area (Å²) in [6.07, 6.45) is 5.79. The van der Waals surface area contributed by atoms with Gasteiger partial charge in [0.1, 0.15) is 4.90 Å². The van der Waals surface area contributed by atoms with Crippen LogP contribution < -0.4 is 10.0 Å². The van der Waals surface area contributed by atoms with Crippen LogP contribution in [0.1, 0.15) is 32.6 Å². The average molecular weight is 427 g/mol. The monoisotopic (exact) mass is 426 g/mol. The van der Waals surface area contributed by atoms with Gasteiger partial charge in [0.25, 0.3) is 0 Å². The van der Waals surface area contributed by atoms with Gasteiger partial charge in [-0.05, 0) is 44.5 Å². The van der Waals surface area contributed by atoms with Crippen LogP contribution in [0.5, 0.6) is 0 Å². The van der Waals surface area contributed by atoms with Crippen molar-refractivity contribution in [2.24, 2.45) is 0 Å². The van der Waals surface area contributed by atoms with E-state index in [-0.39, 0.29) is 54.6 Å². The first-order valence-corrected chi connectivity index (χ1v) is 9.93. The molecule has 0 radical (unpaired) electrons. The number of halogens is 2. The third-order valence-corrected chi connectivity index (χ3v) is 5.56. The van der Waals surface area contributed by atoms with Crippen LogP contribution in [0.2, 0.25) is 0 Å². The molecule has 2 N–H and O–H groups in total. The van der Waals surface area contributed by atoms with E-state index < -0.39 is 10.0 Å². The summed E-state index contributed by atoms with van der Waals surface area (Å²) in [5.74, 6) is 0.0117. The maximum atomic E-state index is 12.5. The van der Waals surface area contributed by atoms with E-state index >= 15 is 0 Å². The Labute approximate surface area is 168 Å². The largest absolute Gasteiger partial charge is 0.340 e. The summed E-state index contributed by atoms with van der Waals surface area (Å²) in [6, 6.07) is 3.31. The van der Waals surface area contributed by atoms with Crippen molar-refractivity contribution in [3.05, 3.63) is 24.5 Å². The number of hydrogen-bond acceptors (Lipinski definition) is 5. The lowest BCUT2D eigenvalue weighted by Gasteiger charge is -2.34. The number of sulfonamides is 1. The van der Waals surface area contributed by atoms with Crippen LogP contribution in [0.25, 0.3) is 0 Å². The van der Waals surface area contributed by atoms with Crippen molar-refractivity contribution in [2.45, 2.75) is 43.5 Å². The van der Waals surface area contributed by atoms with Crippen molar-refractivity contribution in [1.82, 2.24) is 19.9 Å². The molecule has 26 heavy (non-hydrogen) atoms. The van der Waals surface area contributed by atoms with Crippen molar-refractivity contribution in [1.29, 1.82) is 0 Å². The van der Waals surface area contributed by atoms with Gasteiger partial charge in [-0.1, -0.05) is 6.92 Å². The number of carbonyl (C=O) groups is 1. The lowest BCUT2D eigenvalue weighted by molar-refractivity contribution is -0.133. The third-order valence-electron chi connectivity index (χ3n) is 4.11. The van der Waals surface area contributed by atoms with Crippen LogP contribution in [-0.4, -0.2) is 56.4 Å². The predicted molar refractivity (Wildman–Crippen MR) is 106 cm³/mol. The smallest absolute Gasteiger partial charge is 0.242 e. The molecule has 0 bridgehead atoms. The quantitative estimate of drug-likeness (QED) is 0.658. The van der Waals surface area contributed by atoms with E-state index in [4.69, 9.17) is 0 Å². The second-order valence-corrected chi connectivity index (χ2v) is 7.67. The molecule has 0 aromatic carbocycles. The number of hydrogen-bond donors (Lipinski definition) is 2. The Bertz CT molecular complexity index is 626. The highest BCUT2D eigenvalue weighted by atomic mass is 35.5. The van der Waals surface area contributed by atoms with E-state index in [1.165, 1.54) is 18.5 Å². The predicted octanol–water partition coefficient (Wildman–Crippen LogP) is 1.58. The van der Waals surface area contributed by atoms with E-state index in [1.807, 2.05) is 11.8 Å². The number of nitrogens with one attached hydrogen (secondary N) is 2. The van der Waals surface area contributed by atoms with Crippen molar-refractivity contribution in [3.8, 4) is 0 Å². The minimum atomic E-state index is -3.61. The first kappa shape index (κ1) is 25.1. The van der Waals surface area contributed by atoms with Gasteiger partial charge in [0, 0.05) is 37.9 Å². The number of amides is 1. The fraction of sp³-hybridized carbons (Fsp3) is 0.625. The molecular formula is C16H28Cl2N4O3S. The van der Waals surface area contributed by atoms with Crippen LogP contribution in [0, 0.1) is 0 Å². The molecule has 1 aromatic rings. The topological polar surface area (TPSA) is 91.4 Å². The molecule has 0 atom stereocenters. The van der Waals surface area contributed by atoms with Crippen molar-refractivity contribution in [3.63, 3.8) is 0 Å². The Balaban J connectivity index is 0.00000312. The normalized spacial score (nSPS) is 14.8. The molecule has 2 heterocycles. The Morgan fingerprint density at radius 3 is 2.62 bits per heavy atom. The lowest BCUT2D eigenvalue weighted by Crippen LogP contribution is -2.47. The van der Waals surface area contributed by atoms with Gasteiger partial charge in [-0.2, -0.15) is 0 Å². The highest BCUT2D eigenvalue weighted by Crippen LogP contribution is 2.14. The minimum Gasteiger partial charge on any atom is -0.340 e. The molecule has 1 saturated heterocycles. The number of pyridine rings is 1. The van der Waals surface area contributed by atoms with E-state index in [1.54, 1.807) is 6.07 Å². The molecule has 1 aromatic heterocycles. The van der Waals surface area contributed by atoms with Crippen LogP contribution >= 0.6 is 24.8 Å². The summed E-state index contributed by atoms with van der Waals surface area (Å²) >= 11 is 0. The molecule has 0 spiro atoms. The number of nitrogens with zero attached hydrogens (tertiary/aromatic N) is 2. The fourth-order valence-electron chi connectivity index (χ4n) is 2.90. The Morgan fingerprint density at radius 1 is 1.35 bits per heavy atom. The zero-order valence-electron chi connectivity index (χ0n) is 14.9. The Kier molecular flexibility index (Phi) is 12.0. The van der Waals surface area contributed by atoms with Gasteiger partial charge in [-0.25, -0.2) is 13.1 Å². The zero-order chi connectivity index (χ0) is 17.4. The molecular weight excluding hydrogens is 399 g/mol. The van der Waals surface area contributed by atoms with Crippen LogP contribution in [-0.2, 0) is 14.8 Å². The molecule has 7 nitrogen and oxygen atoms in total. The number of aromatic nitrogens is 1. The number of carbonyl (C=O) groups excluding carboxylic acids is 1. The number of rotatable bonds is 8. The van der Waals surface area contributed by atoms with Crippen molar-refractivity contribution >= 4 is 40.7 Å². The Morgan fingerprint density at radius 2 is 2.04 bits per heavy atom. The Hall–Kier alpha value is -0.930. The van der Waals surface area contributed by atoms with Gasteiger partial charge in [-0.15, -0.1) is 24.8 Å². The second kappa shape index (κ2) is 12.5. The summed E-state index contributed by atoms with van der Waals surface area (Å²) in [5.41, 5.74) is 0. The van der Waals surface area contributed by atoms with Gasteiger partial charge in [-0.3, -0.25) is 9.78 Å².